The van der Waals surface area contributed by atoms with Gasteiger partial charge in [-0.25, -0.2) is 14.2 Å². The third-order valence-corrected chi connectivity index (χ3v) is 6.59. The van der Waals surface area contributed by atoms with E-state index in [0.29, 0.717) is 44.2 Å². The van der Waals surface area contributed by atoms with Crippen LogP contribution in [0.5, 0.6) is 17.2 Å². The maximum Gasteiger partial charge on any atom is 0.342 e. The largest absolute Gasteiger partial charge is 0.497 e. The average Bonchev–Trinajstić information content (AvgIpc) is 3.37. The minimum Gasteiger partial charge on any atom is -0.497 e. The molecule has 2 N–H and O–H groups in total. The first-order valence-corrected chi connectivity index (χ1v) is 12.4. The molecule has 11 heteroatoms. The number of nitrogens with zero attached hydrogens (tertiary/aromatic N) is 2. The Kier molecular flexibility index (Phi) is 8.47. The molecule has 3 aromatic carbocycles. The normalized spacial score (nSPS) is 11.3. The molecule has 0 radical (unpaired) electrons. The maximum absolute atomic E-state index is 13.8. The third kappa shape index (κ3) is 6.69. The number of hydrogen-bond acceptors (Lipinski definition) is 7. The summed E-state index contributed by atoms with van der Waals surface area (Å²) in [7, 11) is 3.09. The molecule has 0 aliphatic carbocycles. The van der Waals surface area contributed by atoms with Crippen molar-refractivity contribution in [3.8, 4) is 28.6 Å². The first-order chi connectivity index (χ1) is 17.9. The van der Waals surface area contributed by atoms with E-state index in [-0.39, 0.29) is 22.5 Å². The number of ether oxygens (including phenoxy) is 3. The second kappa shape index (κ2) is 11.9. The highest BCUT2D eigenvalue weighted by Crippen LogP contribution is 2.32. The van der Waals surface area contributed by atoms with Crippen molar-refractivity contribution in [3.05, 3.63) is 87.0 Å². The molecule has 8 nitrogen and oxygen atoms in total. The summed E-state index contributed by atoms with van der Waals surface area (Å²) < 4.78 is 30.7. The Labute approximate surface area is 224 Å². The van der Waals surface area contributed by atoms with Crippen LogP contribution in [0.3, 0.4) is 0 Å². The molecule has 0 amide bonds. The van der Waals surface area contributed by atoms with Crippen LogP contribution in [0.1, 0.15) is 11.1 Å². The number of halogens is 2. The van der Waals surface area contributed by atoms with Crippen LogP contribution in [0.4, 0.5) is 4.39 Å². The molecule has 1 aromatic heterocycles. The third-order valence-electron chi connectivity index (χ3n) is 5.10. The van der Waals surface area contributed by atoms with Gasteiger partial charge in [-0.1, -0.05) is 24.3 Å². The lowest BCUT2D eigenvalue weighted by Crippen LogP contribution is -1.99. The van der Waals surface area contributed by atoms with Crippen LogP contribution in [0.25, 0.3) is 17.5 Å². The molecule has 0 unspecified atom stereocenters. The summed E-state index contributed by atoms with van der Waals surface area (Å²) in [5.41, 5.74) is 1.72. The van der Waals surface area contributed by atoms with Crippen LogP contribution in [0.2, 0.25) is 0 Å². The van der Waals surface area contributed by atoms with Crippen LogP contribution in [-0.4, -0.2) is 40.5 Å². The van der Waals surface area contributed by atoms with E-state index >= 15 is 0 Å². The molecule has 0 aliphatic rings. The number of nitrogens with one attached hydrogen (secondary N) is 1. The predicted octanol–water partition coefficient (Wildman–Crippen LogP) is 6.19. The van der Waals surface area contributed by atoms with Crippen molar-refractivity contribution >= 4 is 39.7 Å². The van der Waals surface area contributed by atoms with Crippen molar-refractivity contribution in [1.29, 1.82) is 0 Å². The van der Waals surface area contributed by atoms with Gasteiger partial charge in [-0.3, -0.25) is 5.10 Å². The fourth-order valence-corrected chi connectivity index (χ4v) is 4.46. The molecule has 190 valence electrons. The number of rotatable bonds is 10. The number of carbonyl (C=O) groups is 1. The van der Waals surface area contributed by atoms with Crippen molar-refractivity contribution in [2.75, 3.05) is 14.2 Å². The maximum atomic E-state index is 13.8. The van der Waals surface area contributed by atoms with E-state index in [0.717, 1.165) is 11.8 Å². The van der Waals surface area contributed by atoms with Gasteiger partial charge in [-0.15, -0.1) is 5.10 Å². The van der Waals surface area contributed by atoms with Gasteiger partial charge in [0.25, 0.3) is 0 Å². The van der Waals surface area contributed by atoms with Gasteiger partial charge in [0.05, 0.1) is 18.7 Å². The van der Waals surface area contributed by atoms with E-state index in [9.17, 15) is 14.3 Å². The van der Waals surface area contributed by atoms with E-state index in [4.69, 9.17) is 14.2 Å². The fourth-order valence-electron chi connectivity index (χ4n) is 3.24. The summed E-state index contributed by atoms with van der Waals surface area (Å²) >= 11 is 4.34. The van der Waals surface area contributed by atoms with E-state index in [1.54, 1.807) is 68.8 Å². The van der Waals surface area contributed by atoms with Gasteiger partial charge >= 0.3 is 5.97 Å². The van der Waals surface area contributed by atoms with E-state index in [1.165, 1.54) is 12.1 Å². The van der Waals surface area contributed by atoms with Crippen LogP contribution in [0, 0.1) is 5.82 Å². The van der Waals surface area contributed by atoms with Crippen molar-refractivity contribution in [2.45, 2.75) is 11.8 Å². The number of thioether (sulfide) groups is 1. The molecular weight excluding hydrogens is 565 g/mol. The van der Waals surface area contributed by atoms with E-state index < -0.39 is 5.97 Å². The minimum atomic E-state index is -1.13. The number of carboxylic acids is 1. The number of aromatic nitrogens is 3. The molecule has 37 heavy (non-hydrogen) atoms. The SMILES string of the molecule is COc1cc(OC)cc(-c2nc(S/C(=C\c3ccc(OCc4ccccc4F)c(Br)c3)C(=O)O)n[nH]2)c1. The number of hydrogen-bond donors (Lipinski definition) is 2. The smallest absolute Gasteiger partial charge is 0.342 e. The van der Waals surface area contributed by atoms with Crippen molar-refractivity contribution < 1.29 is 28.5 Å². The van der Waals surface area contributed by atoms with Crippen molar-refractivity contribution in [3.63, 3.8) is 0 Å². The molecule has 1 heterocycles. The highest BCUT2D eigenvalue weighted by molar-refractivity contribution is 9.10. The summed E-state index contributed by atoms with van der Waals surface area (Å²) in [4.78, 5) is 16.4. The zero-order valence-corrected chi connectivity index (χ0v) is 22.1. The van der Waals surface area contributed by atoms with E-state index in [1.807, 2.05) is 0 Å². The van der Waals surface area contributed by atoms with Crippen molar-refractivity contribution in [1.82, 2.24) is 15.2 Å². The number of benzene rings is 3. The Bertz CT molecular complexity index is 1440. The first-order valence-electron chi connectivity index (χ1n) is 10.8. The molecule has 4 rings (SSSR count). The number of carboxylic acid groups (broad SMARTS) is 1. The second-order valence-electron chi connectivity index (χ2n) is 7.55. The monoisotopic (exact) mass is 585 g/mol. The number of aromatic amines is 1. The zero-order chi connectivity index (χ0) is 26.4. The zero-order valence-electron chi connectivity index (χ0n) is 19.7. The minimum absolute atomic E-state index is 0.0145. The van der Waals surface area contributed by atoms with Crippen LogP contribution >= 0.6 is 27.7 Å². The molecule has 0 saturated heterocycles. The van der Waals surface area contributed by atoms with Gasteiger partial charge in [-0.2, -0.15) is 0 Å². The lowest BCUT2D eigenvalue weighted by atomic mass is 10.2. The van der Waals surface area contributed by atoms with Crippen LogP contribution in [0.15, 0.2) is 75.2 Å². The lowest BCUT2D eigenvalue weighted by Gasteiger charge is -2.10. The Hall–Kier alpha value is -3.83. The van der Waals surface area contributed by atoms with Crippen LogP contribution in [-0.2, 0) is 11.4 Å². The summed E-state index contributed by atoms with van der Waals surface area (Å²) in [5, 5.41) is 16.9. The quantitative estimate of drug-likeness (QED) is 0.168. The highest BCUT2D eigenvalue weighted by atomic mass is 79.9. The molecular formula is C26H21BrFN3O5S. The summed E-state index contributed by atoms with van der Waals surface area (Å²) in [5.74, 6) is 0.620. The fraction of sp³-hybridized carbons (Fsp3) is 0.115. The van der Waals surface area contributed by atoms with Gasteiger partial charge in [-0.05, 0) is 69.7 Å². The Morgan fingerprint density at radius 2 is 1.84 bits per heavy atom. The van der Waals surface area contributed by atoms with Gasteiger partial charge in [0, 0.05) is 17.2 Å². The molecule has 0 aliphatic heterocycles. The van der Waals surface area contributed by atoms with Gasteiger partial charge in [0.2, 0.25) is 5.16 Å². The number of aliphatic carboxylic acids is 1. The number of H-pyrrole nitrogens is 1. The highest BCUT2D eigenvalue weighted by Gasteiger charge is 2.16. The Morgan fingerprint density at radius 1 is 1.11 bits per heavy atom. The Balaban J connectivity index is 1.50. The molecule has 0 atom stereocenters. The van der Waals surface area contributed by atoms with E-state index in [2.05, 4.69) is 31.1 Å². The number of methoxy groups -OCH3 is 2. The molecule has 0 fully saturated rings. The standard InChI is InChI=1S/C26H21BrFN3O5S/c1-34-18-11-17(12-19(13-18)35-2)24-29-26(31-30-24)37-23(25(32)33)10-15-7-8-22(20(27)9-15)36-14-16-5-3-4-6-21(16)28/h3-13H,14H2,1-2H3,(H,32,33)(H,29,30,31)/b23-10-. The molecule has 4 aromatic rings. The predicted molar refractivity (Wildman–Crippen MR) is 141 cm³/mol. The average molecular weight is 586 g/mol. The molecule has 0 bridgehead atoms. The van der Waals surface area contributed by atoms with Gasteiger partial charge < -0.3 is 19.3 Å². The van der Waals surface area contributed by atoms with Gasteiger partial charge in [0.1, 0.15) is 34.6 Å². The topological polar surface area (TPSA) is 107 Å². The second-order valence-corrected chi connectivity index (χ2v) is 9.42. The van der Waals surface area contributed by atoms with Crippen molar-refractivity contribution in [2.24, 2.45) is 0 Å². The lowest BCUT2D eigenvalue weighted by molar-refractivity contribution is -0.131. The summed E-state index contributed by atoms with van der Waals surface area (Å²) in [6.45, 7) is 0.0585. The summed E-state index contributed by atoms with van der Waals surface area (Å²) in [6.07, 6.45) is 1.50. The molecule has 0 saturated carbocycles. The summed E-state index contributed by atoms with van der Waals surface area (Å²) in [6, 6.07) is 16.7. The van der Waals surface area contributed by atoms with Crippen LogP contribution < -0.4 is 14.2 Å². The Morgan fingerprint density at radius 3 is 2.49 bits per heavy atom. The first kappa shape index (κ1) is 26.2. The molecule has 0 spiro atoms. The van der Waals surface area contributed by atoms with Gasteiger partial charge in [0.15, 0.2) is 5.82 Å².